The monoisotopic (exact) mass is 147 g/mol. The highest BCUT2D eigenvalue weighted by molar-refractivity contribution is 6.17. The molecule has 2 radical (unpaired) electrons. The van der Waals surface area contributed by atoms with E-state index < -0.39 is 0 Å². The molecule has 10 heavy (non-hydrogen) atoms. The predicted octanol–water partition coefficient (Wildman–Crippen LogP) is 1.60. The number of hydrogen-bond acceptors (Lipinski definition) is 1. The van der Waals surface area contributed by atoms with E-state index in [4.69, 9.17) is 0 Å². The Bertz CT molecular complexity index is 186. The van der Waals surface area contributed by atoms with Crippen molar-refractivity contribution in [2.45, 2.75) is 6.92 Å². The summed E-state index contributed by atoms with van der Waals surface area (Å²) in [5.74, 6) is 0. The average molecular weight is 147 g/mol. The first-order chi connectivity index (χ1) is 4.84. The van der Waals surface area contributed by atoms with Crippen LogP contribution in [-0.2, 0) is 0 Å². The zero-order valence-electron chi connectivity index (χ0n) is 6.12. The van der Waals surface area contributed by atoms with Crippen LogP contribution in [0.5, 0.6) is 0 Å². The summed E-state index contributed by atoms with van der Waals surface area (Å²) in [6.07, 6.45) is 0. The van der Waals surface area contributed by atoms with Crippen molar-refractivity contribution in [3.05, 3.63) is 30.3 Å². The molecule has 0 atom stereocenters. The number of anilines is 1. The van der Waals surface area contributed by atoms with Gasteiger partial charge < -0.3 is 3.88 Å². The maximum atomic E-state index is 2.68. The third-order valence-corrected chi connectivity index (χ3v) is 2.09. The van der Waals surface area contributed by atoms with Gasteiger partial charge in [-0.1, -0.05) is 18.2 Å². The van der Waals surface area contributed by atoms with Gasteiger partial charge in [-0.25, -0.2) is 0 Å². The van der Waals surface area contributed by atoms with Gasteiger partial charge in [0.2, 0.25) is 0 Å². The number of rotatable bonds is 2. The molecule has 0 amide bonds. The van der Waals surface area contributed by atoms with Gasteiger partial charge >= 0.3 is 16.5 Å². The van der Waals surface area contributed by atoms with Crippen molar-refractivity contribution in [2.75, 3.05) is 10.4 Å². The maximum Gasteiger partial charge on any atom is 0.310 e. The summed E-state index contributed by atoms with van der Waals surface area (Å²) < 4.78 is 2.12. The van der Waals surface area contributed by atoms with Gasteiger partial charge in [-0.2, -0.15) is 0 Å². The number of nitrogens with zero attached hydrogens (tertiary/aromatic N) is 1. The number of para-hydroxylation sites is 1. The van der Waals surface area contributed by atoms with Crippen molar-refractivity contribution in [2.24, 2.45) is 0 Å². The summed E-state index contributed by atoms with van der Waals surface area (Å²) in [6.45, 7) is 3.15. The Kier molecular flexibility index (Phi) is 2.80. The lowest BCUT2D eigenvalue weighted by molar-refractivity contribution is 1.10. The van der Waals surface area contributed by atoms with E-state index in [0.717, 1.165) is 6.54 Å². The van der Waals surface area contributed by atoms with E-state index in [1.165, 1.54) is 5.69 Å². The van der Waals surface area contributed by atoms with E-state index in [1.807, 2.05) is 18.2 Å². The summed E-state index contributed by atoms with van der Waals surface area (Å²) in [4.78, 5) is 0. The van der Waals surface area contributed by atoms with E-state index in [0.29, 0.717) is 0 Å². The van der Waals surface area contributed by atoms with E-state index in [2.05, 4.69) is 39.5 Å². The molecule has 0 aliphatic carbocycles. The Morgan fingerprint density at radius 3 is 2.40 bits per heavy atom. The number of benzene rings is 1. The van der Waals surface area contributed by atoms with Crippen LogP contribution < -0.4 is 3.88 Å². The fourth-order valence-corrected chi connectivity index (χ4v) is 0.974. The second-order valence-electron chi connectivity index (χ2n) is 2.12. The van der Waals surface area contributed by atoms with Crippen molar-refractivity contribution in [3.8, 4) is 0 Å². The van der Waals surface area contributed by atoms with Gasteiger partial charge in [-0.3, -0.25) is 0 Å². The van der Waals surface area contributed by atoms with Gasteiger partial charge in [0.1, 0.15) is 0 Å². The molecule has 0 heterocycles. The summed E-state index contributed by atoms with van der Waals surface area (Å²) in [7, 11) is 0. The summed E-state index contributed by atoms with van der Waals surface area (Å²) >= 11 is 2.68. The average Bonchev–Trinajstić information content (AvgIpc) is 2.05. The van der Waals surface area contributed by atoms with Gasteiger partial charge in [-0.15, -0.1) is 0 Å². The molecule has 0 fully saturated rings. The molecule has 2 heteroatoms. The van der Waals surface area contributed by atoms with Gasteiger partial charge in [-0.05, 0) is 25.6 Å². The maximum absolute atomic E-state index is 2.68. The van der Waals surface area contributed by atoms with Crippen LogP contribution >= 0.6 is 0 Å². The topological polar surface area (TPSA) is 3.24 Å². The van der Waals surface area contributed by atoms with Crippen LogP contribution in [0.4, 0.5) is 5.69 Å². The first-order valence-corrected chi connectivity index (χ1v) is 3.93. The first kappa shape index (κ1) is 7.66. The van der Waals surface area contributed by atoms with Crippen molar-refractivity contribution in [1.82, 2.24) is 0 Å². The molecule has 0 aliphatic rings. The molecule has 1 rings (SSSR count). The molecular formula is C8H10AlN. The van der Waals surface area contributed by atoms with Crippen LogP contribution in [0.1, 0.15) is 6.92 Å². The molecular weight excluding hydrogens is 137 g/mol. The van der Waals surface area contributed by atoms with E-state index in [-0.39, 0.29) is 0 Å². The molecule has 0 aliphatic heterocycles. The highest BCUT2D eigenvalue weighted by atomic mass is 27.1. The molecule has 1 nitrogen and oxygen atoms in total. The summed E-state index contributed by atoms with van der Waals surface area (Å²) in [6, 6.07) is 10.3. The minimum Gasteiger partial charge on any atom is -0.479 e. The second kappa shape index (κ2) is 3.66. The third-order valence-electron chi connectivity index (χ3n) is 1.43. The molecule has 0 bridgehead atoms. The van der Waals surface area contributed by atoms with E-state index in [9.17, 15) is 0 Å². The van der Waals surface area contributed by atoms with Crippen LogP contribution in [-0.4, -0.2) is 23.1 Å². The molecule has 0 saturated heterocycles. The van der Waals surface area contributed by atoms with Crippen molar-refractivity contribution < 1.29 is 0 Å². The van der Waals surface area contributed by atoms with Gasteiger partial charge in [0.25, 0.3) is 0 Å². The normalized spacial score (nSPS) is 9.30. The Morgan fingerprint density at radius 2 is 1.90 bits per heavy atom. The third kappa shape index (κ3) is 1.77. The molecule has 1 aromatic rings. The van der Waals surface area contributed by atoms with Crippen molar-refractivity contribution >= 4 is 22.2 Å². The van der Waals surface area contributed by atoms with Crippen LogP contribution in [0.15, 0.2) is 30.3 Å². The molecule has 0 aromatic heterocycles. The van der Waals surface area contributed by atoms with E-state index in [1.54, 1.807) is 0 Å². The van der Waals surface area contributed by atoms with Gasteiger partial charge in [0.15, 0.2) is 0 Å². The Labute approximate surface area is 70.3 Å². The van der Waals surface area contributed by atoms with Crippen molar-refractivity contribution in [3.63, 3.8) is 0 Å². The van der Waals surface area contributed by atoms with Gasteiger partial charge in [0, 0.05) is 5.69 Å². The minimum atomic E-state index is 1.02. The SMILES string of the molecule is CC[N]([Al])c1ccccc1. The van der Waals surface area contributed by atoms with E-state index >= 15 is 0 Å². The Morgan fingerprint density at radius 1 is 1.30 bits per heavy atom. The lowest BCUT2D eigenvalue weighted by Gasteiger charge is -2.18. The van der Waals surface area contributed by atoms with Crippen LogP contribution in [0.3, 0.4) is 0 Å². The lowest BCUT2D eigenvalue weighted by atomic mass is 10.3. The molecule has 50 valence electrons. The first-order valence-electron chi connectivity index (χ1n) is 3.42. The fraction of sp³-hybridized carbons (Fsp3) is 0.250. The fourth-order valence-electron chi connectivity index (χ4n) is 0.802. The Balaban J connectivity index is 2.75. The minimum absolute atomic E-state index is 1.02. The smallest absolute Gasteiger partial charge is 0.310 e. The number of hydrogen-bond donors (Lipinski definition) is 0. The zero-order chi connectivity index (χ0) is 7.40. The molecule has 0 spiro atoms. The highest BCUT2D eigenvalue weighted by Crippen LogP contribution is 2.08. The standard InChI is InChI=1S/C8H10N.Al/c1-2-9-8-6-4-3-5-7-8;/h3-7H,2H2,1H3;/q-1;+1. The van der Waals surface area contributed by atoms with Gasteiger partial charge in [0.05, 0.1) is 0 Å². The second-order valence-corrected chi connectivity index (χ2v) is 2.74. The van der Waals surface area contributed by atoms with Crippen LogP contribution in [0, 0.1) is 0 Å². The lowest BCUT2D eigenvalue weighted by Crippen LogP contribution is -2.17. The molecule has 0 saturated carbocycles. The Hall–Kier alpha value is -0.448. The largest absolute Gasteiger partial charge is 0.479 e. The molecule has 0 N–H and O–H groups in total. The highest BCUT2D eigenvalue weighted by Gasteiger charge is 1.91. The summed E-state index contributed by atoms with van der Waals surface area (Å²) in [5, 5.41) is 0. The predicted molar refractivity (Wildman–Crippen MR) is 45.2 cm³/mol. The van der Waals surface area contributed by atoms with Crippen LogP contribution in [0.2, 0.25) is 0 Å². The molecule has 0 unspecified atom stereocenters. The van der Waals surface area contributed by atoms with Crippen LogP contribution in [0.25, 0.3) is 0 Å². The zero-order valence-corrected chi connectivity index (χ0v) is 7.27. The van der Waals surface area contributed by atoms with Crippen molar-refractivity contribution in [1.29, 1.82) is 0 Å². The molecule has 1 aromatic carbocycles. The quantitative estimate of drug-likeness (QED) is 0.574. The summed E-state index contributed by atoms with van der Waals surface area (Å²) in [5.41, 5.74) is 1.25.